The number of nitrogen functional groups attached to an aromatic ring is 1. The molecule has 0 atom stereocenters. The monoisotopic (exact) mass is 319 g/mol. The lowest BCUT2D eigenvalue weighted by Gasteiger charge is -2.09. The minimum atomic E-state index is 0.489. The maximum Gasteiger partial charge on any atom is 0.158 e. The number of halogens is 2. The molecule has 5 heteroatoms. The molecule has 0 radical (unpaired) electrons. The van der Waals surface area contributed by atoms with Gasteiger partial charge in [-0.3, -0.25) is 4.40 Å². The van der Waals surface area contributed by atoms with Gasteiger partial charge in [0.25, 0.3) is 0 Å². The maximum absolute atomic E-state index is 6.27. The van der Waals surface area contributed by atoms with Gasteiger partial charge in [-0.1, -0.05) is 40.9 Å². The SMILES string of the molecule is Cc1cc(C)c(-c2nc3c(Cl)cc(Cl)cn3c2N)c(C)c1. The van der Waals surface area contributed by atoms with Gasteiger partial charge in [-0.2, -0.15) is 0 Å². The first-order chi connectivity index (χ1) is 9.88. The Morgan fingerprint density at radius 3 is 2.29 bits per heavy atom. The zero-order valence-electron chi connectivity index (χ0n) is 12.0. The van der Waals surface area contributed by atoms with E-state index in [1.807, 2.05) is 0 Å². The summed E-state index contributed by atoms with van der Waals surface area (Å²) in [7, 11) is 0. The van der Waals surface area contributed by atoms with E-state index in [2.05, 4.69) is 37.9 Å². The zero-order chi connectivity index (χ0) is 15.3. The number of fused-ring (bicyclic) bond motifs is 1. The van der Waals surface area contributed by atoms with Crippen molar-refractivity contribution >= 4 is 34.7 Å². The molecule has 2 aromatic heterocycles. The Bertz CT molecular complexity index is 843. The number of rotatable bonds is 1. The van der Waals surface area contributed by atoms with Crippen LogP contribution in [0.1, 0.15) is 16.7 Å². The van der Waals surface area contributed by atoms with Crippen molar-refractivity contribution in [3.63, 3.8) is 0 Å². The highest BCUT2D eigenvalue weighted by atomic mass is 35.5. The minimum Gasteiger partial charge on any atom is -0.383 e. The Morgan fingerprint density at radius 1 is 1.05 bits per heavy atom. The number of aromatic nitrogens is 2. The second-order valence-electron chi connectivity index (χ2n) is 5.32. The number of anilines is 1. The van der Waals surface area contributed by atoms with Gasteiger partial charge in [-0.05, 0) is 38.0 Å². The van der Waals surface area contributed by atoms with E-state index in [0.717, 1.165) is 22.4 Å². The first-order valence-corrected chi connectivity index (χ1v) is 7.35. The predicted octanol–water partition coefficient (Wildman–Crippen LogP) is 4.82. The molecule has 3 aromatic rings. The number of imidazole rings is 1. The van der Waals surface area contributed by atoms with Crippen molar-refractivity contribution in [2.75, 3.05) is 5.73 Å². The molecule has 0 amide bonds. The van der Waals surface area contributed by atoms with Crippen LogP contribution >= 0.6 is 23.2 Å². The Kier molecular flexibility index (Phi) is 3.34. The molecule has 3 nitrogen and oxygen atoms in total. The van der Waals surface area contributed by atoms with Gasteiger partial charge in [-0.15, -0.1) is 0 Å². The van der Waals surface area contributed by atoms with Crippen molar-refractivity contribution in [1.29, 1.82) is 0 Å². The molecule has 0 saturated heterocycles. The third-order valence-corrected chi connectivity index (χ3v) is 4.08. The number of aryl methyl sites for hydroxylation is 3. The van der Waals surface area contributed by atoms with Crippen LogP contribution in [-0.2, 0) is 0 Å². The number of hydrogen-bond acceptors (Lipinski definition) is 2. The van der Waals surface area contributed by atoms with E-state index in [4.69, 9.17) is 28.9 Å². The second-order valence-corrected chi connectivity index (χ2v) is 6.16. The number of hydrogen-bond donors (Lipinski definition) is 1. The van der Waals surface area contributed by atoms with Crippen LogP contribution in [0.5, 0.6) is 0 Å². The third-order valence-electron chi connectivity index (χ3n) is 3.59. The van der Waals surface area contributed by atoms with Gasteiger partial charge in [0, 0.05) is 11.8 Å². The summed E-state index contributed by atoms with van der Waals surface area (Å²) < 4.78 is 1.73. The van der Waals surface area contributed by atoms with Crippen LogP contribution in [-0.4, -0.2) is 9.38 Å². The number of benzene rings is 1. The largest absolute Gasteiger partial charge is 0.383 e. The van der Waals surface area contributed by atoms with Gasteiger partial charge in [-0.25, -0.2) is 4.98 Å². The van der Waals surface area contributed by atoms with Crippen molar-refractivity contribution in [2.24, 2.45) is 0 Å². The van der Waals surface area contributed by atoms with E-state index >= 15 is 0 Å². The molecule has 0 spiro atoms. The summed E-state index contributed by atoms with van der Waals surface area (Å²) in [6.45, 7) is 6.20. The quantitative estimate of drug-likeness (QED) is 0.699. The maximum atomic E-state index is 6.27. The highest BCUT2D eigenvalue weighted by Gasteiger charge is 2.17. The molecule has 21 heavy (non-hydrogen) atoms. The fourth-order valence-corrected chi connectivity index (χ4v) is 3.34. The third kappa shape index (κ3) is 2.27. The van der Waals surface area contributed by atoms with E-state index in [1.165, 1.54) is 5.56 Å². The fourth-order valence-electron chi connectivity index (χ4n) is 2.83. The normalized spacial score (nSPS) is 11.3. The lowest BCUT2D eigenvalue weighted by molar-refractivity contribution is 1.20. The minimum absolute atomic E-state index is 0.489. The van der Waals surface area contributed by atoms with Crippen LogP contribution < -0.4 is 5.73 Å². The lowest BCUT2D eigenvalue weighted by atomic mass is 9.97. The van der Waals surface area contributed by atoms with Gasteiger partial charge in [0.05, 0.1) is 10.0 Å². The molecule has 3 rings (SSSR count). The molecule has 0 bridgehead atoms. The van der Waals surface area contributed by atoms with Crippen LogP contribution in [0.15, 0.2) is 24.4 Å². The van der Waals surface area contributed by atoms with Crippen LogP contribution in [0.2, 0.25) is 10.0 Å². The standard InChI is InChI=1S/C16H15Cl2N3/c1-8-4-9(2)13(10(3)5-8)14-15(19)21-7-11(17)6-12(18)16(21)20-14/h4-7H,19H2,1-3H3. The van der Waals surface area contributed by atoms with Crippen molar-refractivity contribution in [3.8, 4) is 11.3 Å². The summed E-state index contributed by atoms with van der Waals surface area (Å²) in [5.41, 5.74) is 12.2. The molecule has 0 fully saturated rings. The van der Waals surface area contributed by atoms with Gasteiger partial charge in [0.1, 0.15) is 11.5 Å². The highest BCUT2D eigenvalue weighted by Crippen LogP contribution is 2.35. The average molecular weight is 320 g/mol. The Morgan fingerprint density at radius 2 is 1.67 bits per heavy atom. The second kappa shape index (κ2) is 4.93. The van der Waals surface area contributed by atoms with Gasteiger partial charge in [0.15, 0.2) is 5.65 Å². The highest BCUT2D eigenvalue weighted by molar-refractivity contribution is 6.36. The Balaban J connectivity index is 2.37. The smallest absolute Gasteiger partial charge is 0.158 e. The summed E-state index contributed by atoms with van der Waals surface area (Å²) >= 11 is 12.3. The molecule has 0 aliphatic heterocycles. The number of pyridine rings is 1. The summed E-state index contributed by atoms with van der Waals surface area (Å²) in [6, 6.07) is 5.92. The fraction of sp³-hybridized carbons (Fsp3) is 0.188. The number of nitrogens with two attached hydrogens (primary N) is 1. The molecular formula is C16H15Cl2N3. The molecule has 108 valence electrons. The van der Waals surface area contributed by atoms with Crippen LogP contribution in [0.4, 0.5) is 5.82 Å². The molecule has 0 saturated carbocycles. The van der Waals surface area contributed by atoms with Crippen LogP contribution in [0.3, 0.4) is 0 Å². The summed E-state index contributed by atoms with van der Waals surface area (Å²) in [5.74, 6) is 0.546. The first kappa shape index (κ1) is 14.2. The zero-order valence-corrected chi connectivity index (χ0v) is 13.5. The summed E-state index contributed by atoms with van der Waals surface area (Å²) in [4.78, 5) is 4.62. The first-order valence-electron chi connectivity index (χ1n) is 6.59. The van der Waals surface area contributed by atoms with E-state index in [9.17, 15) is 0 Å². The molecule has 0 aliphatic carbocycles. The molecule has 0 aliphatic rings. The van der Waals surface area contributed by atoms with Gasteiger partial charge in [0.2, 0.25) is 0 Å². The average Bonchev–Trinajstić information content (AvgIpc) is 2.67. The molecule has 2 N–H and O–H groups in total. The Hall–Kier alpha value is -1.71. The molecule has 2 heterocycles. The molecular weight excluding hydrogens is 305 g/mol. The van der Waals surface area contributed by atoms with E-state index < -0.39 is 0 Å². The van der Waals surface area contributed by atoms with Crippen molar-refractivity contribution in [2.45, 2.75) is 20.8 Å². The molecule has 0 unspecified atom stereocenters. The summed E-state index contributed by atoms with van der Waals surface area (Å²) in [6.07, 6.45) is 1.73. The lowest BCUT2D eigenvalue weighted by Crippen LogP contribution is -1.97. The van der Waals surface area contributed by atoms with Crippen LogP contribution in [0, 0.1) is 20.8 Å². The van der Waals surface area contributed by atoms with Gasteiger partial charge >= 0.3 is 0 Å². The summed E-state index contributed by atoms with van der Waals surface area (Å²) in [5, 5.41) is 1.02. The molecule has 1 aromatic carbocycles. The number of nitrogens with zero attached hydrogens (tertiary/aromatic N) is 2. The van der Waals surface area contributed by atoms with E-state index in [1.54, 1.807) is 16.7 Å². The van der Waals surface area contributed by atoms with Gasteiger partial charge < -0.3 is 5.73 Å². The topological polar surface area (TPSA) is 43.3 Å². The van der Waals surface area contributed by atoms with Crippen molar-refractivity contribution in [1.82, 2.24) is 9.38 Å². The van der Waals surface area contributed by atoms with Crippen molar-refractivity contribution in [3.05, 3.63) is 51.1 Å². The van der Waals surface area contributed by atoms with E-state index in [-0.39, 0.29) is 0 Å². The Labute approximate surface area is 133 Å². The van der Waals surface area contributed by atoms with Crippen molar-refractivity contribution < 1.29 is 0 Å². The van der Waals surface area contributed by atoms with E-state index in [0.29, 0.717) is 21.5 Å². The predicted molar refractivity (Wildman–Crippen MR) is 89.3 cm³/mol. The van der Waals surface area contributed by atoms with Crippen LogP contribution in [0.25, 0.3) is 16.9 Å².